The summed E-state index contributed by atoms with van der Waals surface area (Å²) in [6, 6.07) is 16.1. The molecule has 1 amide bonds. The number of carbonyl (C=O) groups is 1. The topological polar surface area (TPSA) is 70.9 Å². The van der Waals surface area contributed by atoms with Crippen molar-refractivity contribution >= 4 is 33.2 Å². The highest BCUT2D eigenvalue weighted by molar-refractivity contribution is 7.88. The molecule has 2 aromatic carbocycles. The van der Waals surface area contributed by atoms with Crippen LogP contribution in [0.3, 0.4) is 0 Å². The third kappa shape index (κ3) is 5.77. The highest BCUT2D eigenvalue weighted by atomic mass is 35.5. The summed E-state index contributed by atoms with van der Waals surface area (Å²) in [5.41, 5.74) is 1.49. The molecule has 1 saturated heterocycles. The van der Waals surface area contributed by atoms with E-state index in [9.17, 15) is 13.2 Å². The Morgan fingerprint density at radius 2 is 1.67 bits per heavy atom. The smallest absolute Gasteiger partial charge is 0.279 e. The van der Waals surface area contributed by atoms with Gasteiger partial charge in [0, 0.05) is 10.7 Å². The van der Waals surface area contributed by atoms with E-state index in [2.05, 4.69) is 5.32 Å². The standard InChI is InChI=1S/C19H22ClN3O3S/c20-17-6-8-18(9-7-17)21-19(24)14-22-10-12-23(13-11-22)27(25,26)15-16-4-2-1-3-5-16/h1-9H,10-15H2,(H,21,24)/p+1. The first-order valence-corrected chi connectivity index (χ1v) is 10.8. The van der Waals surface area contributed by atoms with Crippen LogP contribution in [0, 0.1) is 0 Å². The molecule has 0 unspecified atom stereocenters. The second-order valence-electron chi connectivity index (χ2n) is 6.62. The lowest BCUT2D eigenvalue weighted by atomic mass is 10.2. The number of carbonyl (C=O) groups excluding carboxylic acids is 1. The van der Waals surface area contributed by atoms with Crippen LogP contribution in [0.25, 0.3) is 0 Å². The highest BCUT2D eigenvalue weighted by Gasteiger charge is 2.29. The molecule has 8 heteroatoms. The van der Waals surface area contributed by atoms with Crippen molar-refractivity contribution < 1.29 is 18.1 Å². The zero-order chi connectivity index (χ0) is 19.3. The molecule has 0 aliphatic carbocycles. The molecular formula is C19H23ClN3O3S+. The maximum atomic E-state index is 12.6. The van der Waals surface area contributed by atoms with Gasteiger partial charge in [0.05, 0.1) is 31.9 Å². The van der Waals surface area contributed by atoms with Crippen LogP contribution in [0.1, 0.15) is 5.56 Å². The predicted molar refractivity (Wildman–Crippen MR) is 106 cm³/mol. The molecule has 27 heavy (non-hydrogen) atoms. The van der Waals surface area contributed by atoms with Crippen molar-refractivity contribution in [3.05, 3.63) is 65.2 Å². The van der Waals surface area contributed by atoms with Crippen molar-refractivity contribution in [2.45, 2.75) is 5.75 Å². The van der Waals surface area contributed by atoms with E-state index in [1.165, 1.54) is 4.31 Å². The van der Waals surface area contributed by atoms with Crippen LogP contribution in [-0.2, 0) is 20.6 Å². The third-order valence-corrected chi connectivity index (χ3v) is 6.66. The Kier molecular flexibility index (Phi) is 6.49. The van der Waals surface area contributed by atoms with Crippen LogP contribution in [0.4, 0.5) is 5.69 Å². The number of piperazine rings is 1. The van der Waals surface area contributed by atoms with Gasteiger partial charge in [0.1, 0.15) is 0 Å². The van der Waals surface area contributed by atoms with Crippen LogP contribution in [0.2, 0.25) is 5.02 Å². The van der Waals surface area contributed by atoms with Crippen molar-refractivity contribution in [1.82, 2.24) is 4.31 Å². The number of benzene rings is 2. The van der Waals surface area contributed by atoms with Gasteiger partial charge in [-0.2, -0.15) is 4.31 Å². The zero-order valence-corrected chi connectivity index (χ0v) is 16.5. The van der Waals surface area contributed by atoms with E-state index in [-0.39, 0.29) is 11.7 Å². The summed E-state index contributed by atoms with van der Waals surface area (Å²) in [6.45, 7) is 2.40. The van der Waals surface area contributed by atoms with Crippen molar-refractivity contribution in [3.63, 3.8) is 0 Å². The predicted octanol–water partition coefficient (Wildman–Crippen LogP) is 1.01. The summed E-state index contributed by atoms with van der Waals surface area (Å²) in [4.78, 5) is 13.3. The molecule has 2 N–H and O–H groups in total. The SMILES string of the molecule is O=C(C[NH+]1CCN(S(=O)(=O)Cc2ccccc2)CC1)Nc1ccc(Cl)cc1. The lowest BCUT2D eigenvalue weighted by Crippen LogP contribution is -3.15. The largest absolute Gasteiger partial charge is 0.325 e. The van der Waals surface area contributed by atoms with Gasteiger partial charge < -0.3 is 10.2 Å². The molecule has 0 radical (unpaired) electrons. The number of hydrogen-bond donors (Lipinski definition) is 2. The molecule has 0 aromatic heterocycles. The number of rotatable bonds is 6. The highest BCUT2D eigenvalue weighted by Crippen LogP contribution is 2.13. The molecule has 0 bridgehead atoms. The lowest BCUT2D eigenvalue weighted by molar-refractivity contribution is -0.895. The minimum absolute atomic E-state index is 0.0141. The molecule has 144 valence electrons. The van der Waals surface area contributed by atoms with Gasteiger partial charge in [0.2, 0.25) is 10.0 Å². The molecule has 2 aromatic rings. The fraction of sp³-hybridized carbons (Fsp3) is 0.316. The normalized spacial score (nSPS) is 16.2. The molecule has 0 atom stereocenters. The van der Waals surface area contributed by atoms with E-state index >= 15 is 0 Å². The van der Waals surface area contributed by atoms with E-state index in [1.807, 2.05) is 30.3 Å². The summed E-state index contributed by atoms with van der Waals surface area (Å²) in [5, 5.41) is 3.46. The lowest BCUT2D eigenvalue weighted by Gasteiger charge is -2.31. The molecule has 1 heterocycles. The molecule has 1 aliphatic rings. The molecular weight excluding hydrogens is 386 g/mol. The third-order valence-electron chi connectivity index (χ3n) is 4.55. The number of anilines is 1. The van der Waals surface area contributed by atoms with Crippen molar-refractivity contribution in [3.8, 4) is 0 Å². The van der Waals surface area contributed by atoms with Gasteiger partial charge >= 0.3 is 0 Å². The first-order valence-electron chi connectivity index (χ1n) is 8.83. The number of nitrogens with one attached hydrogen (secondary N) is 2. The van der Waals surface area contributed by atoms with Gasteiger partial charge in [0.25, 0.3) is 5.91 Å². The number of nitrogens with zero attached hydrogens (tertiary/aromatic N) is 1. The maximum absolute atomic E-state index is 12.6. The summed E-state index contributed by atoms with van der Waals surface area (Å²) >= 11 is 5.83. The summed E-state index contributed by atoms with van der Waals surface area (Å²) in [7, 11) is -3.33. The van der Waals surface area contributed by atoms with Gasteiger partial charge in [-0.05, 0) is 29.8 Å². The number of quaternary nitrogens is 1. The fourth-order valence-electron chi connectivity index (χ4n) is 3.10. The van der Waals surface area contributed by atoms with Crippen molar-refractivity contribution in [2.75, 3.05) is 38.0 Å². The van der Waals surface area contributed by atoms with Crippen LogP contribution >= 0.6 is 11.6 Å². The van der Waals surface area contributed by atoms with E-state index in [0.29, 0.717) is 43.4 Å². The van der Waals surface area contributed by atoms with Gasteiger partial charge in [-0.3, -0.25) is 4.79 Å². The second-order valence-corrected chi connectivity index (χ2v) is 9.03. The van der Waals surface area contributed by atoms with Gasteiger partial charge in [-0.1, -0.05) is 41.9 Å². The molecule has 1 aliphatic heterocycles. The Morgan fingerprint density at radius 1 is 1.04 bits per heavy atom. The molecule has 6 nitrogen and oxygen atoms in total. The van der Waals surface area contributed by atoms with Crippen LogP contribution in [0.15, 0.2) is 54.6 Å². The monoisotopic (exact) mass is 408 g/mol. The maximum Gasteiger partial charge on any atom is 0.279 e. The number of amides is 1. The molecule has 0 spiro atoms. The summed E-state index contributed by atoms with van der Waals surface area (Å²) in [5.74, 6) is -0.0758. The number of sulfonamides is 1. The van der Waals surface area contributed by atoms with Gasteiger partial charge in [0.15, 0.2) is 6.54 Å². The first kappa shape index (κ1) is 19.8. The second kappa shape index (κ2) is 8.84. The van der Waals surface area contributed by atoms with E-state index in [4.69, 9.17) is 11.6 Å². The Morgan fingerprint density at radius 3 is 2.30 bits per heavy atom. The van der Waals surface area contributed by atoms with Crippen LogP contribution < -0.4 is 10.2 Å². The van der Waals surface area contributed by atoms with Crippen LogP contribution in [-0.4, -0.2) is 51.4 Å². The molecule has 1 fully saturated rings. The van der Waals surface area contributed by atoms with Gasteiger partial charge in [-0.25, -0.2) is 8.42 Å². The average Bonchev–Trinajstić information content (AvgIpc) is 2.64. The van der Waals surface area contributed by atoms with Crippen molar-refractivity contribution in [2.24, 2.45) is 0 Å². The molecule has 0 saturated carbocycles. The molecule has 3 rings (SSSR count). The Balaban J connectivity index is 1.48. The first-order chi connectivity index (χ1) is 12.9. The Hall–Kier alpha value is -1.93. The van der Waals surface area contributed by atoms with Gasteiger partial charge in [-0.15, -0.1) is 0 Å². The van der Waals surface area contributed by atoms with Crippen LogP contribution in [0.5, 0.6) is 0 Å². The fourth-order valence-corrected chi connectivity index (χ4v) is 4.76. The Bertz CT molecular complexity index is 865. The number of hydrogen-bond acceptors (Lipinski definition) is 3. The van der Waals surface area contributed by atoms with E-state index < -0.39 is 10.0 Å². The minimum Gasteiger partial charge on any atom is -0.325 e. The average molecular weight is 409 g/mol. The Labute approximate surface area is 164 Å². The summed E-state index contributed by atoms with van der Waals surface area (Å²) in [6.07, 6.45) is 0. The number of halogens is 1. The zero-order valence-electron chi connectivity index (χ0n) is 14.9. The van der Waals surface area contributed by atoms with E-state index in [0.717, 1.165) is 10.5 Å². The van der Waals surface area contributed by atoms with E-state index in [1.54, 1.807) is 24.3 Å². The quantitative estimate of drug-likeness (QED) is 0.749. The summed E-state index contributed by atoms with van der Waals surface area (Å²) < 4.78 is 26.7. The van der Waals surface area contributed by atoms with Crippen molar-refractivity contribution in [1.29, 1.82) is 0 Å². The minimum atomic E-state index is -3.33.